The van der Waals surface area contributed by atoms with E-state index in [1.54, 1.807) is 7.11 Å². The van der Waals surface area contributed by atoms with Crippen LogP contribution in [0, 0.1) is 11.8 Å². The van der Waals surface area contributed by atoms with E-state index in [1.807, 2.05) is 18.2 Å². The SMILES string of the molecule is CC[C@H]1CN2CCC3(C(=O)Nc4ccccc43)[C@@H]2CC1/C(=C/OC)C(=O)OC. The largest absolute Gasteiger partial charge is 0.504 e. The van der Waals surface area contributed by atoms with E-state index in [0.717, 1.165) is 43.6 Å². The third-order valence-electron chi connectivity index (χ3n) is 6.97. The third-order valence-corrected chi connectivity index (χ3v) is 6.97. The quantitative estimate of drug-likeness (QED) is 0.491. The van der Waals surface area contributed by atoms with Gasteiger partial charge in [-0.05, 0) is 42.9 Å². The number of para-hydroxylation sites is 1. The molecule has 3 aliphatic heterocycles. The van der Waals surface area contributed by atoms with Gasteiger partial charge in [0, 0.05) is 18.3 Å². The smallest absolute Gasteiger partial charge is 0.337 e. The summed E-state index contributed by atoms with van der Waals surface area (Å²) >= 11 is 0. The number of piperidine rings is 1. The Morgan fingerprint density at radius 1 is 1.36 bits per heavy atom. The number of nitrogens with zero attached hydrogens (tertiary/aromatic N) is 1. The summed E-state index contributed by atoms with van der Waals surface area (Å²) in [6.07, 6.45) is 4.04. The number of benzene rings is 1. The minimum atomic E-state index is -0.540. The molecule has 6 heteroatoms. The maximum absolute atomic E-state index is 13.2. The summed E-state index contributed by atoms with van der Waals surface area (Å²) in [7, 11) is 2.95. The predicted octanol–water partition coefficient (Wildman–Crippen LogP) is 2.70. The van der Waals surface area contributed by atoms with Gasteiger partial charge in [0.15, 0.2) is 0 Å². The van der Waals surface area contributed by atoms with Gasteiger partial charge in [-0.2, -0.15) is 0 Å². The average molecular weight is 384 g/mol. The first-order valence-corrected chi connectivity index (χ1v) is 10.0. The molecule has 0 radical (unpaired) electrons. The first-order valence-electron chi connectivity index (χ1n) is 10.0. The molecule has 28 heavy (non-hydrogen) atoms. The molecular formula is C22H28N2O4. The molecular weight excluding hydrogens is 356 g/mol. The normalized spacial score (nSPS) is 32.0. The Bertz CT molecular complexity index is 821. The summed E-state index contributed by atoms with van der Waals surface area (Å²) in [5.74, 6) is 0.0769. The number of methoxy groups -OCH3 is 2. The highest BCUT2D eigenvalue weighted by atomic mass is 16.5. The predicted molar refractivity (Wildman–Crippen MR) is 106 cm³/mol. The second-order valence-electron chi connectivity index (χ2n) is 8.04. The molecule has 3 heterocycles. The summed E-state index contributed by atoms with van der Waals surface area (Å²) in [5, 5.41) is 3.10. The van der Waals surface area contributed by atoms with E-state index in [1.165, 1.54) is 13.4 Å². The zero-order valence-electron chi connectivity index (χ0n) is 16.7. The average Bonchev–Trinajstić information content (AvgIpc) is 3.23. The topological polar surface area (TPSA) is 67.9 Å². The van der Waals surface area contributed by atoms with Gasteiger partial charge in [-0.25, -0.2) is 4.79 Å². The van der Waals surface area contributed by atoms with Crippen molar-refractivity contribution >= 4 is 17.6 Å². The Kier molecular flexibility index (Phi) is 4.91. The van der Waals surface area contributed by atoms with E-state index in [9.17, 15) is 9.59 Å². The Morgan fingerprint density at radius 3 is 2.86 bits per heavy atom. The van der Waals surface area contributed by atoms with E-state index >= 15 is 0 Å². The standard InChI is InChI=1S/C22H28N2O4/c1-4-14-12-24-10-9-22(17-7-5-6-8-18(17)23-21(22)26)19(24)11-15(14)16(13-27-2)20(25)28-3/h5-8,13-15,19H,4,9-12H2,1-3H3,(H,23,26)/b16-13-/t14-,15?,19-,22?/m0/s1. The zero-order valence-corrected chi connectivity index (χ0v) is 16.7. The summed E-state index contributed by atoms with van der Waals surface area (Å²) in [4.78, 5) is 28.1. The molecule has 1 aromatic carbocycles. The Morgan fingerprint density at radius 2 is 2.14 bits per heavy atom. The number of esters is 1. The lowest BCUT2D eigenvalue weighted by Crippen LogP contribution is -2.53. The lowest BCUT2D eigenvalue weighted by atomic mass is 9.67. The van der Waals surface area contributed by atoms with Crippen molar-refractivity contribution in [3.63, 3.8) is 0 Å². The van der Waals surface area contributed by atoms with E-state index in [0.29, 0.717) is 11.5 Å². The number of fused-ring (bicyclic) bond motifs is 4. The summed E-state index contributed by atoms with van der Waals surface area (Å²) in [5.41, 5.74) is 2.05. The van der Waals surface area contributed by atoms with Crippen LogP contribution in [0.3, 0.4) is 0 Å². The zero-order chi connectivity index (χ0) is 19.9. The van der Waals surface area contributed by atoms with Crippen LogP contribution in [-0.4, -0.2) is 50.1 Å². The van der Waals surface area contributed by atoms with Gasteiger partial charge in [-0.1, -0.05) is 31.5 Å². The molecule has 0 aromatic heterocycles. The van der Waals surface area contributed by atoms with Crippen LogP contribution in [-0.2, 0) is 24.5 Å². The molecule has 1 spiro atoms. The molecule has 0 bridgehead atoms. The molecule has 2 saturated heterocycles. The molecule has 3 aliphatic rings. The van der Waals surface area contributed by atoms with E-state index < -0.39 is 5.41 Å². The van der Waals surface area contributed by atoms with Crippen molar-refractivity contribution in [2.24, 2.45) is 11.8 Å². The fraction of sp³-hybridized carbons (Fsp3) is 0.545. The van der Waals surface area contributed by atoms with Crippen molar-refractivity contribution in [1.82, 2.24) is 4.90 Å². The molecule has 0 saturated carbocycles. The monoisotopic (exact) mass is 384 g/mol. The van der Waals surface area contributed by atoms with E-state index in [-0.39, 0.29) is 23.8 Å². The maximum atomic E-state index is 13.2. The highest BCUT2D eigenvalue weighted by molar-refractivity contribution is 6.07. The van der Waals surface area contributed by atoms with Gasteiger partial charge < -0.3 is 14.8 Å². The third kappa shape index (κ3) is 2.65. The number of carbonyl (C=O) groups excluding carboxylic acids is 2. The molecule has 0 aliphatic carbocycles. The van der Waals surface area contributed by atoms with Crippen LogP contribution < -0.4 is 5.32 Å². The number of rotatable bonds is 4. The lowest BCUT2D eigenvalue weighted by molar-refractivity contribution is -0.137. The summed E-state index contributed by atoms with van der Waals surface area (Å²) in [6, 6.07) is 8.07. The second-order valence-corrected chi connectivity index (χ2v) is 8.04. The molecule has 4 atom stereocenters. The molecule has 1 aromatic rings. The number of nitrogens with one attached hydrogen (secondary N) is 1. The Balaban J connectivity index is 1.74. The van der Waals surface area contributed by atoms with Gasteiger partial charge in [0.1, 0.15) is 0 Å². The first kappa shape index (κ1) is 19.0. The number of amides is 1. The van der Waals surface area contributed by atoms with Crippen LogP contribution in [0.15, 0.2) is 36.1 Å². The summed E-state index contributed by atoms with van der Waals surface area (Å²) in [6.45, 7) is 3.93. The number of carbonyl (C=O) groups is 2. The highest BCUT2D eigenvalue weighted by Crippen LogP contribution is 2.53. The Hall–Kier alpha value is -2.34. The first-order chi connectivity index (χ1) is 13.6. The molecule has 6 nitrogen and oxygen atoms in total. The van der Waals surface area contributed by atoms with Crippen molar-refractivity contribution in [3.8, 4) is 0 Å². The fourth-order valence-electron chi connectivity index (χ4n) is 5.63. The second kappa shape index (κ2) is 7.24. The summed E-state index contributed by atoms with van der Waals surface area (Å²) < 4.78 is 10.3. The lowest BCUT2D eigenvalue weighted by Gasteiger charge is -2.45. The maximum Gasteiger partial charge on any atom is 0.337 e. The molecule has 2 fully saturated rings. The minimum absolute atomic E-state index is 0.00851. The van der Waals surface area contributed by atoms with Crippen LogP contribution >= 0.6 is 0 Å². The van der Waals surface area contributed by atoms with Crippen molar-refractivity contribution < 1.29 is 19.1 Å². The van der Waals surface area contributed by atoms with Crippen molar-refractivity contribution in [3.05, 3.63) is 41.7 Å². The number of ether oxygens (including phenoxy) is 2. The highest BCUT2D eigenvalue weighted by Gasteiger charge is 2.60. The number of hydrogen-bond acceptors (Lipinski definition) is 5. The van der Waals surface area contributed by atoms with Crippen molar-refractivity contribution in [2.45, 2.75) is 37.6 Å². The molecule has 2 unspecified atom stereocenters. The minimum Gasteiger partial charge on any atom is -0.504 e. The molecule has 1 N–H and O–H groups in total. The van der Waals surface area contributed by atoms with Crippen LogP contribution in [0.1, 0.15) is 31.7 Å². The number of anilines is 1. The Labute approximate surface area is 165 Å². The number of hydrogen-bond donors (Lipinski definition) is 1. The van der Waals surface area contributed by atoms with Crippen molar-refractivity contribution in [2.75, 3.05) is 32.6 Å². The van der Waals surface area contributed by atoms with Gasteiger partial charge in [0.2, 0.25) is 5.91 Å². The van der Waals surface area contributed by atoms with Gasteiger partial charge in [0.05, 0.1) is 31.5 Å². The fourth-order valence-corrected chi connectivity index (χ4v) is 5.63. The van der Waals surface area contributed by atoms with Gasteiger partial charge in [0.25, 0.3) is 0 Å². The van der Waals surface area contributed by atoms with E-state index in [4.69, 9.17) is 9.47 Å². The molecule has 150 valence electrons. The van der Waals surface area contributed by atoms with Gasteiger partial charge in [-0.3, -0.25) is 9.69 Å². The van der Waals surface area contributed by atoms with Crippen LogP contribution in [0.2, 0.25) is 0 Å². The van der Waals surface area contributed by atoms with Crippen LogP contribution in [0.25, 0.3) is 0 Å². The van der Waals surface area contributed by atoms with Crippen LogP contribution in [0.4, 0.5) is 5.69 Å². The van der Waals surface area contributed by atoms with Gasteiger partial charge in [-0.15, -0.1) is 0 Å². The van der Waals surface area contributed by atoms with E-state index in [2.05, 4.69) is 23.2 Å². The van der Waals surface area contributed by atoms with Crippen LogP contribution in [0.5, 0.6) is 0 Å². The molecule has 4 rings (SSSR count). The molecule has 1 amide bonds. The van der Waals surface area contributed by atoms with Crippen molar-refractivity contribution in [1.29, 1.82) is 0 Å². The van der Waals surface area contributed by atoms with Gasteiger partial charge >= 0.3 is 5.97 Å².